The Morgan fingerprint density at radius 3 is 2.70 bits per heavy atom. The quantitative estimate of drug-likeness (QED) is 0.590. The molecule has 0 saturated carbocycles. The van der Waals surface area contributed by atoms with Gasteiger partial charge in [0, 0.05) is 5.39 Å². The summed E-state index contributed by atoms with van der Waals surface area (Å²) in [5.41, 5.74) is 1.05. The summed E-state index contributed by atoms with van der Waals surface area (Å²) in [5.74, 6) is 1.04. The van der Waals surface area contributed by atoms with Gasteiger partial charge in [0.15, 0.2) is 11.5 Å². The number of aromatic nitrogens is 1. The molecule has 1 aromatic carbocycles. The number of rotatable bonds is 7. The van der Waals surface area contributed by atoms with Gasteiger partial charge in [0.2, 0.25) is 5.91 Å². The normalized spacial score (nSPS) is 11.8. The van der Waals surface area contributed by atoms with Crippen molar-refractivity contribution in [1.29, 1.82) is 0 Å². The first-order valence-electron chi connectivity index (χ1n) is 8.38. The fraction of sp³-hybridized carbons (Fsp3) is 0.263. The van der Waals surface area contributed by atoms with Crippen molar-refractivity contribution >= 4 is 22.7 Å². The molecule has 3 N–H and O–H groups in total. The molecule has 8 heteroatoms. The van der Waals surface area contributed by atoms with Gasteiger partial charge in [-0.15, -0.1) is 0 Å². The lowest BCUT2D eigenvalue weighted by molar-refractivity contribution is -0.122. The molecule has 0 aliphatic heterocycles. The Balaban J connectivity index is 1.69. The van der Waals surface area contributed by atoms with Crippen molar-refractivity contribution < 1.29 is 23.5 Å². The van der Waals surface area contributed by atoms with Gasteiger partial charge >= 0.3 is 0 Å². The summed E-state index contributed by atoms with van der Waals surface area (Å²) >= 11 is 0. The Kier molecular flexibility index (Phi) is 5.35. The molecule has 2 aromatic heterocycles. The van der Waals surface area contributed by atoms with Crippen LogP contribution >= 0.6 is 0 Å². The standard InChI is InChI=1S/C19H21N3O5/c1-11(18(23)20-10-12-5-4-8-27-12)21-19(24)15-9-13-14(22-15)6-7-16(25-2)17(13)26-3/h4-9,11,22H,10H2,1-3H3,(H,20,23)(H,21,24). The topological polar surface area (TPSA) is 106 Å². The number of nitrogens with one attached hydrogen (secondary N) is 3. The number of amides is 2. The lowest BCUT2D eigenvalue weighted by Crippen LogP contribution is -2.44. The molecule has 0 saturated heterocycles. The van der Waals surface area contributed by atoms with Gasteiger partial charge in [0.1, 0.15) is 17.5 Å². The molecular formula is C19H21N3O5. The van der Waals surface area contributed by atoms with Crippen LogP contribution in [-0.2, 0) is 11.3 Å². The Hall–Kier alpha value is -3.42. The molecule has 8 nitrogen and oxygen atoms in total. The van der Waals surface area contributed by atoms with Gasteiger partial charge in [-0.3, -0.25) is 9.59 Å². The van der Waals surface area contributed by atoms with E-state index >= 15 is 0 Å². The van der Waals surface area contributed by atoms with Gasteiger partial charge in [-0.25, -0.2) is 0 Å². The van der Waals surface area contributed by atoms with Crippen LogP contribution in [-0.4, -0.2) is 37.1 Å². The number of fused-ring (bicyclic) bond motifs is 1. The van der Waals surface area contributed by atoms with Crippen molar-refractivity contribution in [3.05, 3.63) is 48.0 Å². The minimum atomic E-state index is -0.713. The molecule has 2 heterocycles. The van der Waals surface area contributed by atoms with Crippen LogP contribution in [0.3, 0.4) is 0 Å². The summed E-state index contributed by atoms with van der Waals surface area (Å²) in [4.78, 5) is 27.7. The fourth-order valence-electron chi connectivity index (χ4n) is 2.73. The van der Waals surface area contributed by atoms with Crippen LogP contribution in [0.15, 0.2) is 41.0 Å². The largest absolute Gasteiger partial charge is 0.493 e. The second-order valence-corrected chi connectivity index (χ2v) is 5.94. The highest BCUT2D eigenvalue weighted by atomic mass is 16.5. The second kappa shape index (κ2) is 7.86. The molecule has 0 spiro atoms. The van der Waals surface area contributed by atoms with E-state index in [-0.39, 0.29) is 12.5 Å². The zero-order valence-electron chi connectivity index (χ0n) is 15.3. The summed E-state index contributed by atoms with van der Waals surface area (Å²) in [5, 5.41) is 6.09. The van der Waals surface area contributed by atoms with E-state index in [1.165, 1.54) is 13.4 Å². The smallest absolute Gasteiger partial charge is 0.268 e. The Morgan fingerprint density at radius 1 is 1.22 bits per heavy atom. The molecule has 1 unspecified atom stereocenters. The lowest BCUT2D eigenvalue weighted by Gasteiger charge is -2.13. The molecule has 27 heavy (non-hydrogen) atoms. The lowest BCUT2D eigenvalue weighted by atomic mass is 10.2. The van der Waals surface area contributed by atoms with Crippen molar-refractivity contribution in [2.45, 2.75) is 19.5 Å². The molecule has 1 atom stereocenters. The van der Waals surface area contributed by atoms with Gasteiger partial charge < -0.3 is 29.5 Å². The van der Waals surface area contributed by atoms with Gasteiger partial charge in [0.05, 0.1) is 32.5 Å². The molecule has 3 rings (SSSR count). The summed E-state index contributed by atoms with van der Waals surface area (Å²) in [6.45, 7) is 1.87. The second-order valence-electron chi connectivity index (χ2n) is 5.94. The third-order valence-corrected chi connectivity index (χ3v) is 4.14. The van der Waals surface area contributed by atoms with Crippen LogP contribution in [0.1, 0.15) is 23.2 Å². The molecule has 0 radical (unpaired) electrons. The maximum absolute atomic E-state index is 12.5. The van der Waals surface area contributed by atoms with E-state index in [1.54, 1.807) is 44.4 Å². The summed E-state index contributed by atoms with van der Waals surface area (Å²) < 4.78 is 15.8. The summed E-state index contributed by atoms with van der Waals surface area (Å²) in [6.07, 6.45) is 1.53. The first kappa shape index (κ1) is 18.4. The minimum Gasteiger partial charge on any atom is -0.493 e. The molecule has 3 aromatic rings. The van der Waals surface area contributed by atoms with E-state index < -0.39 is 11.9 Å². The number of benzene rings is 1. The van der Waals surface area contributed by atoms with E-state index in [2.05, 4.69) is 15.6 Å². The average molecular weight is 371 g/mol. The molecule has 0 bridgehead atoms. The van der Waals surface area contributed by atoms with Gasteiger partial charge in [-0.2, -0.15) is 0 Å². The SMILES string of the molecule is COc1ccc2[nH]c(C(=O)NC(C)C(=O)NCc3ccco3)cc2c1OC. The van der Waals surface area contributed by atoms with Crippen LogP contribution in [0.4, 0.5) is 0 Å². The minimum absolute atomic E-state index is 0.259. The van der Waals surface area contributed by atoms with Crippen LogP contribution < -0.4 is 20.1 Å². The monoisotopic (exact) mass is 371 g/mol. The number of ether oxygens (including phenoxy) is 2. The Bertz CT molecular complexity index is 946. The fourth-order valence-corrected chi connectivity index (χ4v) is 2.73. The van der Waals surface area contributed by atoms with Gasteiger partial charge in [-0.05, 0) is 37.3 Å². The molecular weight excluding hydrogens is 350 g/mol. The number of furan rings is 1. The summed E-state index contributed by atoms with van der Waals surface area (Å²) in [7, 11) is 3.09. The first-order chi connectivity index (χ1) is 13.0. The van der Waals surface area contributed by atoms with Crippen LogP contribution in [0.25, 0.3) is 10.9 Å². The maximum Gasteiger partial charge on any atom is 0.268 e. The highest BCUT2D eigenvalue weighted by Gasteiger charge is 2.19. The predicted molar refractivity (Wildman–Crippen MR) is 98.9 cm³/mol. The molecule has 142 valence electrons. The van der Waals surface area contributed by atoms with Crippen LogP contribution in [0, 0.1) is 0 Å². The number of methoxy groups -OCH3 is 2. The molecule has 0 aliphatic carbocycles. The first-order valence-corrected chi connectivity index (χ1v) is 8.38. The van der Waals surface area contributed by atoms with E-state index in [9.17, 15) is 9.59 Å². The zero-order chi connectivity index (χ0) is 19.4. The Morgan fingerprint density at radius 2 is 2.04 bits per heavy atom. The third kappa shape index (κ3) is 3.89. The van der Waals surface area contributed by atoms with Crippen molar-refractivity contribution in [3.63, 3.8) is 0 Å². The van der Waals surface area contributed by atoms with Gasteiger partial charge in [-0.1, -0.05) is 0 Å². The zero-order valence-corrected chi connectivity index (χ0v) is 15.3. The molecule has 2 amide bonds. The van der Waals surface area contributed by atoms with Gasteiger partial charge in [0.25, 0.3) is 5.91 Å². The number of H-pyrrole nitrogens is 1. The van der Waals surface area contributed by atoms with E-state index in [1.807, 2.05) is 0 Å². The molecule has 0 aliphatic rings. The predicted octanol–water partition coefficient (Wildman–Crippen LogP) is 2.21. The van der Waals surface area contributed by atoms with E-state index in [0.717, 1.165) is 10.9 Å². The van der Waals surface area contributed by atoms with Crippen LogP contribution in [0.2, 0.25) is 0 Å². The number of carbonyl (C=O) groups excluding carboxylic acids is 2. The number of aromatic amines is 1. The number of hydrogen-bond donors (Lipinski definition) is 3. The van der Waals surface area contributed by atoms with Crippen molar-refractivity contribution in [1.82, 2.24) is 15.6 Å². The average Bonchev–Trinajstić information content (AvgIpc) is 3.34. The highest BCUT2D eigenvalue weighted by molar-refractivity contribution is 6.02. The number of hydrogen-bond acceptors (Lipinski definition) is 5. The van der Waals surface area contributed by atoms with Crippen LogP contribution in [0.5, 0.6) is 11.5 Å². The molecule has 0 fully saturated rings. The number of carbonyl (C=O) groups is 2. The van der Waals surface area contributed by atoms with E-state index in [4.69, 9.17) is 13.9 Å². The van der Waals surface area contributed by atoms with Crippen molar-refractivity contribution in [3.8, 4) is 11.5 Å². The third-order valence-electron chi connectivity index (χ3n) is 4.14. The maximum atomic E-state index is 12.5. The van der Waals surface area contributed by atoms with Crippen molar-refractivity contribution in [2.75, 3.05) is 14.2 Å². The highest BCUT2D eigenvalue weighted by Crippen LogP contribution is 2.35. The van der Waals surface area contributed by atoms with E-state index in [0.29, 0.717) is 23.0 Å². The van der Waals surface area contributed by atoms with Crippen molar-refractivity contribution in [2.24, 2.45) is 0 Å². The Labute approximate surface area is 155 Å². The summed E-state index contributed by atoms with van der Waals surface area (Å²) in [6, 6.07) is 8.01.